The summed E-state index contributed by atoms with van der Waals surface area (Å²) in [6.07, 6.45) is -5.01. The molecule has 0 aliphatic rings. The van der Waals surface area contributed by atoms with E-state index in [2.05, 4.69) is 4.72 Å². The predicted octanol–water partition coefficient (Wildman–Crippen LogP) is 3.28. The molecular formula is C18H12ClF4N3O4S. The SMILES string of the molecule is O=c1cc(C(F)(F)F)[nH]c(=O)n1-c1cc(NS(=O)(=O)Cc2ccccc2)c(Cl)cc1F. The van der Waals surface area contributed by atoms with Crippen LogP contribution >= 0.6 is 11.6 Å². The van der Waals surface area contributed by atoms with E-state index in [0.29, 0.717) is 11.6 Å². The van der Waals surface area contributed by atoms with Crippen LogP contribution in [0.5, 0.6) is 0 Å². The Bertz CT molecular complexity index is 1320. The second kappa shape index (κ2) is 8.19. The molecule has 164 valence electrons. The van der Waals surface area contributed by atoms with Crippen molar-refractivity contribution < 1.29 is 26.0 Å². The predicted molar refractivity (Wildman–Crippen MR) is 105 cm³/mol. The van der Waals surface area contributed by atoms with Crippen LogP contribution in [0.1, 0.15) is 11.3 Å². The highest BCUT2D eigenvalue weighted by atomic mass is 35.5. The molecule has 3 aromatic rings. The number of aromatic amines is 1. The Morgan fingerprint density at radius 2 is 1.71 bits per heavy atom. The lowest BCUT2D eigenvalue weighted by Gasteiger charge is -2.14. The Kier molecular flexibility index (Phi) is 5.96. The van der Waals surface area contributed by atoms with Crippen molar-refractivity contribution in [1.82, 2.24) is 9.55 Å². The maximum absolute atomic E-state index is 14.4. The fraction of sp³-hybridized carbons (Fsp3) is 0.111. The van der Waals surface area contributed by atoms with Gasteiger partial charge in [0, 0.05) is 6.07 Å². The highest BCUT2D eigenvalue weighted by Crippen LogP contribution is 2.29. The summed E-state index contributed by atoms with van der Waals surface area (Å²) in [4.78, 5) is 25.6. The number of nitrogens with one attached hydrogen (secondary N) is 2. The second-order valence-corrected chi connectivity index (χ2v) is 8.42. The Labute approximate surface area is 177 Å². The maximum atomic E-state index is 14.4. The maximum Gasteiger partial charge on any atom is 0.431 e. The minimum Gasteiger partial charge on any atom is -0.303 e. The quantitative estimate of drug-likeness (QED) is 0.551. The molecule has 13 heteroatoms. The van der Waals surface area contributed by atoms with Gasteiger partial charge >= 0.3 is 11.9 Å². The van der Waals surface area contributed by atoms with E-state index in [9.17, 15) is 35.6 Å². The van der Waals surface area contributed by atoms with Crippen LogP contribution < -0.4 is 16.0 Å². The molecule has 0 aliphatic carbocycles. The average molecular weight is 478 g/mol. The van der Waals surface area contributed by atoms with Gasteiger partial charge in [0.15, 0.2) is 0 Å². The number of anilines is 1. The first-order chi connectivity index (χ1) is 14.4. The summed E-state index contributed by atoms with van der Waals surface area (Å²) in [5, 5.41) is -0.394. The molecule has 0 saturated carbocycles. The standard InChI is InChI=1S/C18H12ClF4N3O4S/c19-11-6-12(20)14(26-16(27)8-15(18(21,22)23)24-17(26)28)7-13(11)25-31(29,30)9-10-4-2-1-3-5-10/h1-8,25H,9H2,(H,24,28). The van der Waals surface area contributed by atoms with Crippen LogP contribution in [0.3, 0.4) is 0 Å². The molecule has 0 amide bonds. The molecule has 3 rings (SSSR count). The smallest absolute Gasteiger partial charge is 0.303 e. The first-order valence-electron chi connectivity index (χ1n) is 8.35. The van der Waals surface area contributed by atoms with Gasteiger partial charge in [0.1, 0.15) is 11.5 Å². The van der Waals surface area contributed by atoms with Gasteiger partial charge in [-0.25, -0.2) is 22.2 Å². The number of H-pyrrole nitrogens is 1. The van der Waals surface area contributed by atoms with Crippen LogP contribution in [0.4, 0.5) is 23.2 Å². The number of rotatable bonds is 5. The Morgan fingerprint density at radius 3 is 2.29 bits per heavy atom. The molecule has 7 nitrogen and oxygen atoms in total. The van der Waals surface area contributed by atoms with Gasteiger partial charge in [-0.3, -0.25) is 9.52 Å². The van der Waals surface area contributed by atoms with E-state index < -0.39 is 55.4 Å². The third kappa shape index (κ3) is 5.14. The number of hydrogen-bond acceptors (Lipinski definition) is 4. The zero-order valence-corrected chi connectivity index (χ0v) is 16.8. The van der Waals surface area contributed by atoms with Gasteiger partial charge < -0.3 is 4.98 Å². The molecule has 1 aromatic heterocycles. The molecule has 2 N–H and O–H groups in total. The van der Waals surface area contributed by atoms with Crippen molar-refractivity contribution in [3.63, 3.8) is 0 Å². The third-order valence-electron chi connectivity index (χ3n) is 3.98. The number of sulfonamides is 1. The van der Waals surface area contributed by atoms with Crippen LogP contribution in [-0.2, 0) is 22.0 Å². The van der Waals surface area contributed by atoms with E-state index in [1.54, 1.807) is 30.3 Å². The number of nitrogens with zero attached hydrogens (tertiary/aromatic N) is 1. The second-order valence-electron chi connectivity index (χ2n) is 6.29. The van der Waals surface area contributed by atoms with E-state index >= 15 is 0 Å². The van der Waals surface area contributed by atoms with Gasteiger partial charge in [-0.05, 0) is 17.7 Å². The largest absolute Gasteiger partial charge is 0.431 e. The molecule has 2 aromatic carbocycles. The Balaban J connectivity index is 2.05. The first-order valence-corrected chi connectivity index (χ1v) is 10.4. The molecule has 0 atom stereocenters. The fourth-order valence-electron chi connectivity index (χ4n) is 2.66. The summed E-state index contributed by atoms with van der Waals surface area (Å²) in [6, 6.07) is 9.48. The Morgan fingerprint density at radius 1 is 1.06 bits per heavy atom. The zero-order valence-electron chi connectivity index (χ0n) is 15.2. The van der Waals surface area contributed by atoms with Crippen molar-refractivity contribution in [1.29, 1.82) is 0 Å². The van der Waals surface area contributed by atoms with Crippen LogP contribution in [0, 0.1) is 5.82 Å². The van der Waals surface area contributed by atoms with Gasteiger partial charge in [-0.15, -0.1) is 0 Å². The lowest BCUT2D eigenvalue weighted by molar-refractivity contribution is -0.141. The zero-order chi connectivity index (χ0) is 23.0. The topological polar surface area (TPSA) is 101 Å². The summed E-state index contributed by atoms with van der Waals surface area (Å²) >= 11 is 5.87. The van der Waals surface area contributed by atoms with Crippen molar-refractivity contribution in [2.75, 3.05) is 4.72 Å². The minimum absolute atomic E-state index is 0.0781. The van der Waals surface area contributed by atoms with Crippen molar-refractivity contribution in [2.45, 2.75) is 11.9 Å². The summed E-state index contributed by atoms with van der Waals surface area (Å²) in [7, 11) is -4.05. The number of aromatic nitrogens is 2. The fourth-order valence-corrected chi connectivity index (χ4v) is 4.12. The monoisotopic (exact) mass is 477 g/mol. The number of halogens is 5. The molecule has 31 heavy (non-hydrogen) atoms. The Hall–Kier alpha value is -3.12. The minimum atomic E-state index is -5.01. The van der Waals surface area contributed by atoms with E-state index in [0.717, 1.165) is 6.07 Å². The van der Waals surface area contributed by atoms with Crippen LogP contribution in [0.2, 0.25) is 5.02 Å². The van der Waals surface area contributed by atoms with E-state index in [1.807, 2.05) is 0 Å². The highest BCUT2D eigenvalue weighted by molar-refractivity contribution is 7.91. The molecule has 0 aliphatic heterocycles. The third-order valence-corrected chi connectivity index (χ3v) is 5.54. The van der Waals surface area contributed by atoms with Crippen molar-refractivity contribution >= 4 is 27.3 Å². The van der Waals surface area contributed by atoms with E-state index in [1.165, 1.54) is 4.98 Å². The molecule has 0 spiro atoms. The molecular weight excluding hydrogens is 466 g/mol. The summed E-state index contributed by atoms with van der Waals surface area (Å²) < 4.78 is 79.7. The molecule has 0 saturated heterocycles. The summed E-state index contributed by atoms with van der Waals surface area (Å²) in [5.74, 6) is -1.69. The number of hydrogen-bond donors (Lipinski definition) is 2. The van der Waals surface area contributed by atoms with Crippen LogP contribution in [-0.4, -0.2) is 18.0 Å². The van der Waals surface area contributed by atoms with E-state index in [-0.39, 0.29) is 16.3 Å². The van der Waals surface area contributed by atoms with Crippen molar-refractivity contribution in [2.24, 2.45) is 0 Å². The first kappa shape index (κ1) is 22.6. The van der Waals surface area contributed by atoms with Crippen molar-refractivity contribution in [3.05, 3.63) is 91.5 Å². The average Bonchev–Trinajstić information content (AvgIpc) is 2.64. The van der Waals surface area contributed by atoms with Gasteiger partial charge in [0.2, 0.25) is 10.0 Å². The molecule has 1 heterocycles. The van der Waals surface area contributed by atoms with Gasteiger partial charge in [-0.2, -0.15) is 13.2 Å². The molecule has 0 bridgehead atoms. The summed E-state index contributed by atoms with van der Waals surface area (Å²) in [6.45, 7) is 0. The van der Waals surface area contributed by atoms with Crippen LogP contribution in [0.15, 0.2) is 58.1 Å². The van der Waals surface area contributed by atoms with Gasteiger partial charge in [-0.1, -0.05) is 41.9 Å². The number of benzene rings is 2. The highest BCUT2D eigenvalue weighted by Gasteiger charge is 2.33. The lowest BCUT2D eigenvalue weighted by atomic mass is 10.2. The molecule has 0 fully saturated rings. The van der Waals surface area contributed by atoms with Gasteiger partial charge in [0.05, 0.1) is 22.2 Å². The van der Waals surface area contributed by atoms with Crippen LogP contribution in [0.25, 0.3) is 5.69 Å². The number of alkyl halides is 3. The van der Waals surface area contributed by atoms with Crippen molar-refractivity contribution in [3.8, 4) is 5.69 Å². The van der Waals surface area contributed by atoms with E-state index in [4.69, 9.17) is 11.6 Å². The van der Waals surface area contributed by atoms with Gasteiger partial charge in [0.25, 0.3) is 5.56 Å². The lowest BCUT2D eigenvalue weighted by Crippen LogP contribution is -2.36. The summed E-state index contributed by atoms with van der Waals surface area (Å²) in [5.41, 5.74) is -5.39. The normalized spacial score (nSPS) is 12.0. The molecule has 0 unspecified atom stereocenters. The molecule has 0 radical (unpaired) electrons.